The van der Waals surface area contributed by atoms with Gasteiger partial charge in [0.1, 0.15) is 0 Å². The second-order valence-corrected chi connectivity index (χ2v) is 6.23. The molecule has 1 amide bonds. The molecule has 2 heterocycles. The zero-order chi connectivity index (χ0) is 21.0. The SMILES string of the molecule is Cc1cccc(N(C(=O)O)c2ncon2)c1.FC(F)(F)c1ccc2c(c1)NCC2. The minimum Gasteiger partial charge on any atom is -0.464 e. The van der Waals surface area contributed by atoms with Crippen LogP contribution in [0.2, 0.25) is 0 Å². The number of anilines is 3. The van der Waals surface area contributed by atoms with Crippen LogP contribution in [-0.2, 0) is 12.6 Å². The van der Waals surface area contributed by atoms with Crippen molar-refractivity contribution in [1.29, 1.82) is 0 Å². The van der Waals surface area contributed by atoms with Gasteiger partial charge >= 0.3 is 12.3 Å². The first-order valence-corrected chi connectivity index (χ1v) is 8.56. The first-order valence-electron chi connectivity index (χ1n) is 8.56. The molecule has 2 N–H and O–H groups in total. The van der Waals surface area contributed by atoms with Crippen molar-refractivity contribution in [2.45, 2.75) is 19.5 Å². The third kappa shape index (κ3) is 4.84. The van der Waals surface area contributed by atoms with Gasteiger partial charge in [0.25, 0.3) is 5.95 Å². The number of amides is 1. The van der Waals surface area contributed by atoms with Crippen molar-refractivity contribution in [3.63, 3.8) is 0 Å². The Morgan fingerprint density at radius 2 is 2.03 bits per heavy atom. The third-order valence-corrected chi connectivity index (χ3v) is 4.15. The molecule has 3 aromatic rings. The summed E-state index contributed by atoms with van der Waals surface area (Å²) in [5, 5.41) is 15.5. The van der Waals surface area contributed by atoms with Crippen molar-refractivity contribution in [3.8, 4) is 0 Å². The normalized spacial score (nSPS) is 12.4. The summed E-state index contributed by atoms with van der Waals surface area (Å²) in [4.78, 5) is 15.8. The summed E-state index contributed by atoms with van der Waals surface area (Å²) in [7, 11) is 0. The Kier molecular flexibility index (Phi) is 5.71. The van der Waals surface area contributed by atoms with Gasteiger partial charge in [-0.3, -0.25) is 0 Å². The van der Waals surface area contributed by atoms with E-state index in [4.69, 9.17) is 5.11 Å². The summed E-state index contributed by atoms with van der Waals surface area (Å²) in [5.74, 6) is -0.00176. The van der Waals surface area contributed by atoms with E-state index < -0.39 is 17.8 Å². The van der Waals surface area contributed by atoms with Crippen LogP contribution in [0.5, 0.6) is 0 Å². The average molecular weight is 406 g/mol. The predicted molar refractivity (Wildman–Crippen MR) is 99.3 cm³/mol. The zero-order valence-electron chi connectivity index (χ0n) is 15.3. The summed E-state index contributed by atoms with van der Waals surface area (Å²) >= 11 is 0. The number of benzene rings is 2. The molecule has 2 aromatic carbocycles. The van der Waals surface area contributed by atoms with Crippen molar-refractivity contribution in [1.82, 2.24) is 10.1 Å². The lowest BCUT2D eigenvalue weighted by Crippen LogP contribution is -2.24. The minimum atomic E-state index is -4.24. The lowest BCUT2D eigenvalue weighted by molar-refractivity contribution is -0.137. The predicted octanol–water partition coefficient (Wildman–Crippen LogP) is 4.87. The molecule has 1 aliphatic rings. The highest BCUT2D eigenvalue weighted by Gasteiger charge is 2.31. The van der Waals surface area contributed by atoms with Gasteiger partial charge in [0.05, 0.1) is 11.3 Å². The summed E-state index contributed by atoms with van der Waals surface area (Å²) < 4.78 is 41.2. The van der Waals surface area contributed by atoms with E-state index in [1.807, 2.05) is 13.0 Å². The summed E-state index contributed by atoms with van der Waals surface area (Å²) in [6.45, 7) is 2.61. The Balaban J connectivity index is 0.000000169. The first-order chi connectivity index (χ1) is 13.8. The van der Waals surface area contributed by atoms with Gasteiger partial charge in [-0.05, 0) is 53.9 Å². The topological polar surface area (TPSA) is 91.5 Å². The number of carboxylic acid groups (broad SMARTS) is 1. The average Bonchev–Trinajstić information content (AvgIpc) is 3.32. The number of hydrogen-bond acceptors (Lipinski definition) is 5. The Morgan fingerprint density at radius 1 is 1.24 bits per heavy atom. The molecule has 0 unspecified atom stereocenters. The highest BCUT2D eigenvalue weighted by atomic mass is 19.4. The summed E-state index contributed by atoms with van der Waals surface area (Å²) in [6, 6.07) is 10.9. The second-order valence-electron chi connectivity index (χ2n) is 6.23. The lowest BCUT2D eigenvalue weighted by Gasteiger charge is -2.14. The maximum atomic E-state index is 12.2. The zero-order valence-corrected chi connectivity index (χ0v) is 15.3. The van der Waals surface area contributed by atoms with Crippen molar-refractivity contribution in [3.05, 3.63) is 65.5 Å². The Hall–Kier alpha value is -3.56. The van der Waals surface area contributed by atoms with Crippen LogP contribution >= 0.6 is 0 Å². The quantitative estimate of drug-likeness (QED) is 0.631. The van der Waals surface area contributed by atoms with Crippen LogP contribution in [0.25, 0.3) is 0 Å². The molecule has 0 saturated carbocycles. The maximum Gasteiger partial charge on any atom is 0.419 e. The number of aromatic nitrogens is 2. The van der Waals surface area contributed by atoms with E-state index in [-0.39, 0.29) is 5.95 Å². The third-order valence-electron chi connectivity index (χ3n) is 4.15. The van der Waals surface area contributed by atoms with Crippen molar-refractivity contribution < 1.29 is 27.6 Å². The fraction of sp³-hybridized carbons (Fsp3) is 0.211. The first kappa shape index (κ1) is 20.2. The summed E-state index contributed by atoms with van der Waals surface area (Å²) in [5.41, 5.74) is 2.43. The Morgan fingerprint density at radius 3 is 2.66 bits per heavy atom. The van der Waals surface area contributed by atoms with E-state index in [0.29, 0.717) is 11.4 Å². The number of fused-ring (bicyclic) bond motifs is 1. The second kappa shape index (κ2) is 8.21. The maximum absolute atomic E-state index is 12.2. The highest BCUT2D eigenvalue weighted by molar-refractivity contribution is 5.92. The fourth-order valence-corrected chi connectivity index (χ4v) is 2.81. The molecule has 152 valence electrons. The molecule has 0 bridgehead atoms. The van der Waals surface area contributed by atoms with E-state index >= 15 is 0 Å². The molecule has 0 radical (unpaired) electrons. The van der Waals surface area contributed by atoms with Crippen molar-refractivity contribution in [2.24, 2.45) is 0 Å². The standard InChI is InChI=1S/C10H9N3O3.C9H8F3N/c1-7-3-2-4-8(5-7)13(10(14)15)9-11-6-16-12-9;10-9(11,12)7-2-1-6-3-4-13-8(6)5-7/h2-6H,1H3,(H,14,15);1-2,5,13H,3-4H2. The number of alkyl halides is 3. The molecule has 10 heteroatoms. The number of nitrogens with zero attached hydrogens (tertiary/aromatic N) is 3. The van der Waals surface area contributed by atoms with Crippen LogP contribution in [0.4, 0.5) is 35.3 Å². The van der Waals surface area contributed by atoms with Crippen LogP contribution in [0, 0.1) is 6.92 Å². The number of hydrogen-bond donors (Lipinski definition) is 2. The van der Waals surface area contributed by atoms with E-state index in [1.165, 1.54) is 12.1 Å². The molecule has 1 aliphatic heterocycles. The van der Waals surface area contributed by atoms with Gasteiger partial charge in [-0.25, -0.2) is 9.69 Å². The van der Waals surface area contributed by atoms with Crippen molar-refractivity contribution in [2.75, 3.05) is 16.8 Å². The lowest BCUT2D eigenvalue weighted by atomic mass is 10.1. The molecule has 1 aromatic heterocycles. The number of nitrogens with one attached hydrogen (secondary N) is 1. The Bertz CT molecular complexity index is 991. The summed E-state index contributed by atoms with van der Waals surface area (Å²) in [6.07, 6.45) is -3.50. The van der Waals surface area contributed by atoms with Crippen LogP contribution in [0.3, 0.4) is 0 Å². The highest BCUT2D eigenvalue weighted by Crippen LogP contribution is 2.33. The van der Waals surface area contributed by atoms with E-state index in [0.717, 1.165) is 41.5 Å². The van der Waals surface area contributed by atoms with Crippen molar-refractivity contribution >= 4 is 23.4 Å². The largest absolute Gasteiger partial charge is 0.464 e. The molecule has 7 nitrogen and oxygen atoms in total. The Labute approximate surface area is 163 Å². The molecular weight excluding hydrogens is 389 g/mol. The minimum absolute atomic E-state index is 0.00176. The number of rotatable bonds is 2. The molecule has 0 atom stereocenters. The van der Waals surface area contributed by atoms with Gasteiger partial charge in [0.2, 0.25) is 6.39 Å². The van der Waals surface area contributed by atoms with E-state index in [2.05, 4.69) is 20.0 Å². The van der Waals surface area contributed by atoms with Gasteiger partial charge in [-0.15, -0.1) is 0 Å². The molecule has 4 rings (SSSR count). The number of carbonyl (C=O) groups is 1. The van der Waals surface area contributed by atoms with Crippen LogP contribution < -0.4 is 10.2 Å². The molecule has 29 heavy (non-hydrogen) atoms. The molecule has 0 aliphatic carbocycles. The molecular formula is C19H17F3N4O3. The van der Waals surface area contributed by atoms with Gasteiger partial charge < -0.3 is 14.9 Å². The van der Waals surface area contributed by atoms with E-state index in [9.17, 15) is 18.0 Å². The van der Waals surface area contributed by atoms with Gasteiger partial charge in [0.15, 0.2) is 0 Å². The fourth-order valence-electron chi connectivity index (χ4n) is 2.81. The van der Waals surface area contributed by atoms with Gasteiger partial charge in [0, 0.05) is 12.2 Å². The smallest absolute Gasteiger partial charge is 0.419 e. The van der Waals surface area contributed by atoms with Gasteiger partial charge in [-0.2, -0.15) is 18.2 Å². The van der Waals surface area contributed by atoms with Crippen LogP contribution in [0.15, 0.2) is 53.4 Å². The molecule has 0 fully saturated rings. The molecule has 0 saturated heterocycles. The van der Waals surface area contributed by atoms with Gasteiger partial charge in [-0.1, -0.05) is 18.2 Å². The number of aryl methyl sites for hydroxylation is 1. The molecule has 0 spiro atoms. The monoisotopic (exact) mass is 406 g/mol. The van der Waals surface area contributed by atoms with Crippen LogP contribution in [-0.4, -0.2) is 27.9 Å². The van der Waals surface area contributed by atoms with Crippen LogP contribution in [0.1, 0.15) is 16.7 Å². The van der Waals surface area contributed by atoms with E-state index in [1.54, 1.807) is 18.2 Å². The number of halogens is 3.